The van der Waals surface area contributed by atoms with E-state index >= 15 is 0 Å². The van der Waals surface area contributed by atoms with Crippen molar-refractivity contribution < 1.29 is 14.3 Å². The summed E-state index contributed by atoms with van der Waals surface area (Å²) < 4.78 is 5.73. The third-order valence-electron chi connectivity index (χ3n) is 5.32. The molecule has 2 atom stereocenters. The number of halogens is 1. The van der Waals surface area contributed by atoms with Gasteiger partial charge in [0.2, 0.25) is 11.8 Å². The van der Waals surface area contributed by atoms with Crippen molar-refractivity contribution >= 4 is 51.7 Å². The molecule has 2 aliphatic heterocycles. The Kier molecular flexibility index (Phi) is 6.95. The summed E-state index contributed by atoms with van der Waals surface area (Å²) in [6, 6.07) is 14.9. The number of thioether (sulfide) groups is 1. The minimum atomic E-state index is -0.525. The average molecular weight is 458 g/mol. The third-order valence-corrected chi connectivity index (χ3v) is 6.91. The first-order chi connectivity index (χ1) is 15.0. The molecule has 31 heavy (non-hydrogen) atoms. The summed E-state index contributed by atoms with van der Waals surface area (Å²) in [5.41, 5.74) is 2.23. The molecule has 0 aromatic heterocycles. The van der Waals surface area contributed by atoms with Gasteiger partial charge in [0, 0.05) is 23.7 Å². The fraction of sp³-hybridized carbons (Fsp3) is 0.348. The number of amides is 2. The molecule has 2 amide bonds. The molecule has 0 bridgehead atoms. The minimum absolute atomic E-state index is 0.00668. The quantitative estimate of drug-likeness (QED) is 0.677. The van der Waals surface area contributed by atoms with Gasteiger partial charge in [0.25, 0.3) is 0 Å². The number of nitrogens with zero attached hydrogens (tertiary/aromatic N) is 2. The van der Waals surface area contributed by atoms with Crippen molar-refractivity contribution in [2.45, 2.75) is 37.5 Å². The van der Waals surface area contributed by atoms with Gasteiger partial charge in [-0.1, -0.05) is 47.6 Å². The van der Waals surface area contributed by atoms with Crippen molar-refractivity contribution in [1.29, 1.82) is 0 Å². The van der Waals surface area contributed by atoms with E-state index in [1.165, 1.54) is 11.8 Å². The Balaban J connectivity index is 1.49. The smallest absolute Gasteiger partial charge is 0.242 e. The average Bonchev–Trinajstić information content (AvgIpc) is 3.37. The number of aliphatic imine (C=N–C) groups is 1. The molecule has 4 rings (SSSR count). The summed E-state index contributed by atoms with van der Waals surface area (Å²) in [6.45, 7) is 3.03. The maximum atomic E-state index is 13.2. The molecule has 162 valence electrons. The summed E-state index contributed by atoms with van der Waals surface area (Å²) >= 11 is 7.48. The van der Waals surface area contributed by atoms with Crippen LogP contribution < -0.4 is 5.32 Å². The largest absolute Gasteiger partial charge is 0.376 e. The van der Waals surface area contributed by atoms with E-state index < -0.39 is 5.25 Å². The molecule has 2 unspecified atom stereocenters. The van der Waals surface area contributed by atoms with E-state index in [4.69, 9.17) is 16.3 Å². The number of rotatable bonds is 6. The number of nitrogens with one attached hydrogen (secondary N) is 1. The summed E-state index contributed by atoms with van der Waals surface area (Å²) in [7, 11) is 0. The Labute approximate surface area is 191 Å². The first kappa shape index (κ1) is 21.9. The molecule has 0 radical (unpaired) electrons. The fourth-order valence-corrected chi connectivity index (χ4v) is 4.95. The lowest BCUT2D eigenvalue weighted by Gasteiger charge is -2.20. The van der Waals surface area contributed by atoms with Crippen molar-refractivity contribution in [3.63, 3.8) is 0 Å². The van der Waals surface area contributed by atoms with Crippen LogP contribution in [0.25, 0.3) is 0 Å². The van der Waals surface area contributed by atoms with Gasteiger partial charge in [0.1, 0.15) is 5.25 Å². The second-order valence-corrected chi connectivity index (χ2v) is 9.16. The maximum Gasteiger partial charge on any atom is 0.242 e. The molecule has 8 heteroatoms. The molecule has 0 spiro atoms. The van der Waals surface area contributed by atoms with E-state index in [1.807, 2.05) is 37.3 Å². The number of carbonyl (C=O) groups is 2. The maximum absolute atomic E-state index is 13.2. The van der Waals surface area contributed by atoms with Crippen LogP contribution in [0.15, 0.2) is 53.5 Å². The topological polar surface area (TPSA) is 71.0 Å². The van der Waals surface area contributed by atoms with Crippen LogP contribution in [0.4, 0.5) is 11.4 Å². The van der Waals surface area contributed by atoms with Crippen molar-refractivity contribution in [3.05, 3.63) is 59.1 Å². The third kappa shape index (κ3) is 5.29. The van der Waals surface area contributed by atoms with E-state index in [0.29, 0.717) is 22.4 Å². The van der Waals surface area contributed by atoms with Gasteiger partial charge < -0.3 is 10.1 Å². The highest BCUT2D eigenvalue weighted by molar-refractivity contribution is 8.15. The molecule has 2 saturated heterocycles. The first-order valence-corrected chi connectivity index (χ1v) is 11.6. The Hall–Kier alpha value is -2.35. The van der Waals surface area contributed by atoms with Crippen LogP contribution in [0.2, 0.25) is 5.02 Å². The number of hydrogen-bond donors (Lipinski definition) is 1. The lowest BCUT2D eigenvalue weighted by Crippen LogP contribution is -2.38. The molecule has 2 aromatic carbocycles. The zero-order chi connectivity index (χ0) is 21.8. The van der Waals surface area contributed by atoms with E-state index in [2.05, 4.69) is 10.3 Å². The van der Waals surface area contributed by atoms with Gasteiger partial charge in [-0.25, -0.2) is 4.99 Å². The summed E-state index contributed by atoms with van der Waals surface area (Å²) in [4.78, 5) is 32.2. The van der Waals surface area contributed by atoms with Gasteiger partial charge >= 0.3 is 0 Å². The zero-order valence-electron chi connectivity index (χ0n) is 17.2. The summed E-state index contributed by atoms with van der Waals surface area (Å²) in [5, 5.41) is 3.56. The van der Waals surface area contributed by atoms with Gasteiger partial charge in [-0.2, -0.15) is 0 Å². The van der Waals surface area contributed by atoms with E-state index in [9.17, 15) is 9.59 Å². The first-order valence-electron chi connectivity index (χ1n) is 10.3. The Bertz CT molecular complexity index is 993. The molecule has 1 N–H and O–H groups in total. The predicted octanol–water partition coefficient (Wildman–Crippen LogP) is 4.79. The van der Waals surface area contributed by atoms with Crippen LogP contribution in [0.3, 0.4) is 0 Å². The molecule has 0 saturated carbocycles. The monoisotopic (exact) mass is 457 g/mol. The Morgan fingerprint density at radius 1 is 1.26 bits per heavy atom. The second-order valence-electron chi connectivity index (χ2n) is 7.58. The van der Waals surface area contributed by atoms with E-state index in [0.717, 1.165) is 30.7 Å². The molecular weight excluding hydrogens is 434 g/mol. The molecule has 2 aliphatic rings. The molecule has 0 aliphatic carbocycles. The van der Waals surface area contributed by atoms with Crippen molar-refractivity contribution in [3.8, 4) is 0 Å². The summed E-state index contributed by atoms with van der Waals surface area (Å²) in [6.07, 6.45) is 1.99. The highest BCUT2D eigenvalue weighted by Gasteiger charge is 2.40. The van der Waals surface area contributed by atoms with Crippen molar-refractivity contribution in [1.82, 2.24) is 4.90 Å². The lowest BCUT2D eigenvalue weighted by molar-refractivity contribution is -0.129. The number of hydrogen-bond acceptors (Lipinski definition) is 5. The minimum Gasteiger partial charge on any atom is -0.376 e. The van der Waals surface area contributed by atoms with E-state index in [-0.39, 0.29) is 24.3 Å². The molecule has 2 heterocycles. The second kappa shape index (κ2) is 9.85. The van der Waals surface area contributed by atoms with Gasteiger partial charge in [0.15, 0.2) is 5.17 Å². The number of amidine groups is 1. The molecular formula is C23H24ClN3O3S. The zero-order valence-corrected chi connectivity index (χ0v) is 18.8. The lowest BCUT2D eigenvalue weighted by atomic mass is 10.2. The number of para-hydroxylation sites is 1. The van der Waals surface area contributed by atoms with Gasteiger partial charge in [-0.15, -0.1) is 0 Å². The highest BCUT2D eigenvalue weighted by Crippen LogP contribution is 2.33. The van der Waals surface area contributed by atoms with E-state index in [1.54, 1.807) is 23.1 Å². The normalized spacial score (nSPS) is 22.3. The van der Waals surface area contributed by atoms with Crippen LogP contribution in [0.5, 0.6) is 0 Å². The van der Waals surface area contributed by atoms with Crippen molar-refractivity contribution in [2.24, 2.45) is 4.99 Å². The molecule has 2 aromatic rings. The standard InChI is InChI=1S/C23H24ClN3O3S/c1-15-18(24)10-5-11-19(15)26-21(28)13-20-22(29)27(14-17-9-6-12-30-17)23(31-20)25-16-7-3-2-4-8-16/h2-5,7-8,10-11,17,20H,6,9,12-14H2,1H3,(H,26,28). The summed E-state index contributed by atoms with van der Waals surface area (Å²) in [5.74, 6) is -0.331. The van der Waals surface area contributed by atoms with Gasteiger partial charge in [0.05, 0.1) is 18.3 Å². The number of benzene rings is 2. The Morgan fingerprint density at radius 2 is 2.06 bits per heavy atom. The van der Waals surface area contributed by atoms with Crippen LogP contribution in [0, 0.1) is 6.92 Å². The number of ether oxygens (including phenoxy) is 1. The predicted molar refractivity (Wildman–Crippen MR) is 125 cm³/mol. The number of anilines is 1. The van der Waals surface area contributed by atoms with Gasteiger partial charge in [-0.3, -0.25) is 14.5 Å². The van der Waals surface area contributed by atoms with Gasteiger partial charge in [-0.05, 0) is 49.6 Å². The Morgan fingerprint density at radius 3 is 2.81 bits per heavy atom. The molecule has 6 nitrogen and oxygen atoms in total. The highest BCUT2D eigenvalue weighted by atomic mass is 35.5. The number of carbonyl (C=O) groups excluding carboxylic acids is 2. The fourth-order valence-electron chi connectivity index (χ4n) is 3.61. The molecule has 2 fully saturated rings. The van der Waals surface area contributed by atoms with Crippen LogP contribution in [0.1, 0.15) is 24.8 Å². The SMILES string of the molecule is Cc1c(Cl)cccc1NC(=O)CC1SC(=Nc2ccccc2)N(CC2CCCO2)C1=O. The van der Waals surface area contributed by atoms with Crippen LogP contribution in [-0.4, -0.2) is 46.4 Å². The van der Waals surface area contributed by atoms with Crippen molar-refractivity contribution in [2.75, 3.05) is 18.5 Å². The van der Waals surface area contributed by atoms with Crippen LogP contribution >= 0.6 is 23.4 Å². The van der Waals surface area contributed by atoms with Crippen LogP contribution in [-0.2, 0) is 14.3 Å².